The molecule has 1 aromatic rings. The molecule has 0 radical (unpaired) electrons. The summed E-state index contributed by atoms with van der Waals surface area (Å²) in [6, 6.07) is 1.63. The molecule has 0 amide bonds. The second-order valence-electron chi connectivity index (χ2n) is 6.27. The van der Waals surface area contributed by atoms with Crippen LogP contribution in [0.1, 0.15) is 32.8 Å². The van der Waals surface area contributed by atoms with Crippen LogP contribution >= 0.6 is 12.4 Å². The third kappa shape index (κ3) is 5.37. The van der Waals surface area contributed by atoms with Crippen LogP contribution in [0.4, 0.5) is 10.1 Å². The minimum atomic E-state index is -4.15. The molecule has 0 saturated heterocycles. The average Bonchev–Trinajstić information content (AvgIpc) is 2.39. The van der Waals surface area contributed by atoms with Crippen molar-refractivity contribution in [2.75, 3.05) is 6.54 Å². The zero-order chi connectivity index (χ0) is 18.0. The summed E-state index contributed by atoms with van der Waals surface area (Å²) in [7, 11) is -4.15. The molecule has 0 aliphatic rings. The summed E-state index contributed by atoms with van der Waals surface area (Å²) in [6.07, 6.45) is 0.471. The molecule has 0 aromatic heterocycles. The van der Waals surface area contributed by atoms with E-state index in [9.17, 15) is 22.9 Å². The molecule has 0 aliphatic carbocycles. The summed E-state index contributed by atoms with van der Waals surface area (Å²) in [5.74, 6) is -0.770. The van der Waals surface area contributed by atoms with Gasteiger partial charge in [0.1, 0.15) is 5.82 Å². The Bertz CT molecular complexity index is 712. The number of hydrogen-bond acceptors (Lipinski definition) is 5. The van der Waals surface area contributed by atoms with Crippen molar-refractivity contribution in [3.8, 4) is 0 Å². The van der Waals surface area contributed by atoms with Crippen molar-refractivity contribution < 1.29 is 17.7 Å². The average molecular weight is 384 g/mol. The molecule has 1 aromatic carbocycles. The van der Waals surface area contributed by atoms with Gasteiger partial charge in [0.15, 0.2) is 0 Å². The fourth-order valence-electron chi connectivity index (χ4n) is 2.44. The maximum absolute atomic E-state index is 13.8. The molecular formula is C14H23ClFN3O4S. The molecule has 0 fully saturated rings. The van der Waals surface area contributed by atoms with Crippen LogP contribution in [0.2, 0.25) is 0 Å². The van der Waals surface area contributed by atoms with Gasteiger partial charge in [-0.2, -0.15) is 0 Å². The third-order valence-electron chi connectivity index (χ3n) is 3.49. The van der Waals surface area contributed by atoms with E-state index in [0.29, 0.717) is 6.42 Å². The lowest BCUT2D eigenvalue weighted by molar-refractivity contribution is -0.385. The molecule has 1 atom stereocenters. The van der Waals surface area contributed by atoms with Gasteiger partial charge in [0.2, 0.25) is 10.0 Å². The molecule has 0 bridgehead atoms. The molecule has 0 aliphatic heterocycles. The lowest BCUT2D eigenvalue weighted by Gasteiger charge is -2.30. The number of sulfonamides is 1. The van der Waals surface area contributed by atoms with Gasteiger partial charge in [-0.25, -0.2) is 17.5 Å². The standard InChI is InChI=1S/C14H22FN3O4S.ClH/c1-9(2)7-14(4,8-16)17-23(21,22)11-5-12(15)10(3)13(6-11)18(19)20;/h5-6,9,17H,7-8,16H2,1-4H3;1H. The lowest BCUT2D eigenvalue weighted by Crippen LogP contribution is -2.52. The Labute approximate surface area is 147 Å². The monoisotopic (exact) mass is 383 g/mol. The van der Waals surface area contributed by atoms with E-state index in [2.05, 4.69) is 4.72 Å². The number of rotatable bonds is 7. The highest BCUT2D eigenvalue weighted by atomic mass is 35.5. The predicted molar refractivity (Wildman–Crippen MR) is 92.3 cm³/mol. The molecule has 0 spiro atoms. The number of nitrogens with two attached hydrogens (primary N) is 1. The predicted octanol–water partition coefficient (Wildman–Crippen LogP) is 2.51. The fraction of sp³-hybridized carbons (Fsp3) is 0.571. The Balaban J connectivity index is 0.00000529. The Morgan fingerprint density at radius 1 is 1.42 bits per heavy atom. The van der Waals surface area contributed by atoms with Gasteiger partial charge in [-0.05, 0) is 32.3 Å². The van der Waals surface area contributed by atoms with Gasteiger partial charge >= 0.3 is 0 Å². The topological polar surface area (TPSA) is 115 Å². The molecule has 138 valence electrons. The summed E-state index contributed by atoms with van der Waals surface area (Å²) in [5, 5.41) is 10.9. The SMILES string of the molecule is Cc1c(F)cc(S(=O)(=O)NC(C)(CN)CC(C)C)cc1[N+](=O)[O-].Cl. The summed E-state index contributed by atoms with van der Waals surface area (Å²) in [4.78, 5) is 9.64. The largest absolute Gasteiger partial charge is 0.329 e. The van der Waals surface area contributed by atoms with Crippen molar-refractivity contribution in [1.29, 1.82) is 0 Å². The highest BCUT2D eigenvalue weighted by Gasteiger charge is 2.32. The van der Waals surface area contributed by atoms with E-state index < -0.39 is 36.9 Å². The van der Waals surface area contributed by atoms with Gasteiger partial charge in [0.25, 0.3) is 5.69 Å². The van der Waals surface area contributed by atoms with Crippen LogP contribution < -0.4 is 10.5 Å². The summed E-state index contributed by atoms with van der Waals surface area (Å²) in [5.41, 5.74) is 3.95. The molecule has 1 unspecified atom stereocenters. The lowest BCUT2D eigenvalue weighted by atomic mass is 9.92. The summed E-state index contributed by atoms with van der Waals surface area (Å²) >= 11 is 0. The first-order chi connectivity index (χ1) is 10.4. The van der Waals surface area contributed by atoms with Crippen LogP contribution in [-0.4, -0.2) is 25.4 Å². The molecule has 7 nitrogen and oxygen atoms in total. The Kier molecular flexibility index (Phi) is 7.75. The van der Waals surface area contributed by atoms with Crippen molar-refractivity contribution in [2.45, 2.75) is 44.6 Å². The zero-order valence-corrected chi connectivity index (χ0v) is 15.6. The van der Waals surface area contributed by atoms with Crippen LogP contribution in [0.25, 0.3) is 0 Å². The minimum Gasteiger partial charge on any atom is -0.329 e. The second kappa shape index (κ2) is 8.19. The normalized spacial score (nSPS) is 14.1. The highest BCUT2D eigenvalue weighted by molar-refractivity contribution is 7.89. The zero-order valence-electron chi connectivity index (χ0n) is 14.0. The van der Waals surface area contributed by atoms with Crippen LogP contribution in [0.15, 0.2) is 17.0 Å². The maximum Gasteiger partial charge on any atom is 0.276 e. The van der Waals surface area contributed by atoms with Gasteiger partial charge in [-0.1, -0.05) is 13.8 Å². The molecular weight excluding hydrogens is 361 g/mol. The number of nitro benzene ring substituents is 1. The van der Waals surface area contributed by atoms with Crippen molar-refractivity contribution in [2.24, 2.45) is 11.7 Å². The molecule has 1 rings (SSSR count). The molecule has 24 heavy (non-hydrogen) atoms. The minimum absolute atomic E-state index is 0. The van der Waals surface area contributed by atoms with E-state index in [1.807, 2.05) is 13.8 Å². The van der Waals surface area contributed by atoms with Crippen LogP contribution in [-0.2, 0) is 10.0 Å². The van der Waals surface area contributed by atoms with Gasteiger partial charge in [-0.3, -0.25) is 10.1 Å². The van der Waals surface area contributed by atoms with Gasteiger partial charge < -0.3 is 5.73 Å². The number of hydrogen-bond donors (Lipinski definition) is 2. The molecule has 0 saturated carbocycles. The maximum atomic E-state index is 13.8. The Hall–Kier alpha value is -1.29. The van der Waals surface area contributed by atoms with Gasteiger partial charge in [0.05, 0.1) is 15.4 Å². The highest BCUT2D eigenvalue weighted by Crippen LogP contribution is 2.26. The van der Waals surface area contributed by atoms with Gasteiger partial charge in [-0.15, -0.1) is 12.4 Å². The van der Waals surface area contributed by atoms with E-state index in [1.165, 1.54) is 6.92 Å². The molecule has 10 heteroatoms. The third-order valence-corrected chi connectivity index (χ3v) is 5.11. The number of nitrogens with zero attached hydrogens (tertiary/aromatic N) is 1. The van der Waals surface area contributed by atoms with Crippen LogP contribution in [0, 0.1) is 28.8 Å². The first-order valence-electron chi connectivity index (χ1n) is 7.10. The number of nitro groups is 1. The Morgan fingerprint density at radius 3 is 2.38 bits per heavy atom. The van der Waals surface area contributed by atoms with Gasteiger partial charge in [0, 0.05) is 18.2 Å². The van der Waals surface area contributed by atoms with E-state index in [1.54, 1.807) is 6.92 Å². The fourth-order valence-corrected chi connectivity index (χ4v) is 3.89. The first kappa shape index (κ1) is 22.7. The van der Waals surface area contributed by atoms with Crippen molar-refractivity contribution in [3.05, 3.63) is 33.6 Å². The Morgan fingerprint density at radius 2 is 1.96 bits per heavy atom. The number of halogens is 2. The van der Waals surface area contributed by atoms with E-state index in [4.69, 9.17) is 5.73 Å². The van der Waals surface area contributed by atoms with Crippen LogP contribution in [0.5, 0.6) is 0 Å². The van der Waals surface area contributed by atoms with E-state index in [-0.39, 0.29) is 30.4 Å². The van der Waals surface area contributed by atoms with Crippen LogP contribution in [0.3, 0.4) is 0 Å². The quantitative estimate of drug-likeness (QED) is 0.554. The number of benzene rings is 1. The number of nitrogens with one attached hydrogen (secondary N) is 1. The van der Waals surface area contributed by atoms with E-state index in [0.717, 1.165) is 12.1 Å². The molecule has 0 heterocycles. The first-order valence-corrected chi connectivity index (χ1v) is 8.59. The van der Waals surface area contributed by atoms with E-state index >= 15 is 0 Å². The summed E-state index contributed by atoms with van der Waals surface area (Å²) in [6.45, 7) is 6.74. The van der Waals surface area contributed by atoms with Crippen molar-refractivity contribution in [1.82, 2.24) is 4.72 Å². The molecule has 3 N–H and O–H groups in total. The second-order valence-corrected chi connectivity index (χ2v) is 7.96. The van der Waals surface area contributed by atoms with Crippen molar-refractivity contribution >= 4 is 28.1 Å². The smallest absolute Gasteiger partial charge is 0.276 e. The summed E-state index contributed by atoms with van der Waals surface area (Å²) < 4.78 is 41.2. The van der Waals surface area contributed by atoms with Crippen molar-refractivity contribution in [3.63, 3.8) is 0 Å².